The van der Waals surface area contributed by atoms with Gasteiger partial charge in [-0.3, -0.25) is 9.59 Å². The Morgan fingerprint density at radius 2 is 2.05 bits per heavy atom. The van der Waals surface area contributed by atoms with Gasteiger partial charge in [0, 0.05) is 24.2 Å². The summed E-state index contributed by atoms with van der Waals surface area (Å²) in [5, 5.41) is 0. The van der Waals surface area contributed by atoms with E-state index in [-0.39, 0.29) is 30.0 Å². The van der Waals surface area contributed by atoms with E-state index in [0.29, 0.717) is 12.8 Å². The van der Waals surface area contributed by atoms with Crippen molar-refractivity contribution >= 4 is 17.9 Å². The van der Waals surface area contributed by atoms with Gasteiger partial charge in [0.15, 0.2) is 0 Å². The van der Waals surface area contributed by atoms with Gasteiger partial charge in [-0.15, -0.1) is 0 Å². The van der Waals surface area contributed by atoms with Gasteiger partial charge in [0.25, 0.3) is 0 Å². The molecule has 0 saturated carbocycles. The standard InChI is InChI=1S/C16H18F2N2O2/c1-10-2-3-12(16(19)22)9-20(10)15(21)7-4-11-8-13(17)5-6-14(11)18/h4-8,10,12H,2-3,9H2,1H3,(H2,19,22)/b7-4+. The molecule has 1 aromatic carbocycles. The smallest absolute Gasteiger partial charge is 0.246 e. The normalized spacial score (nSPS) is 22.0. The van der Waals surface area contributed by atoms with E-state index >= 15 is 0 Å². The maximum absolute atomic E-state index is 13.5. The highest BCUT2D eigenvalue weighted by Gasteiger charge is 2.30. The lowest BCUT2D eigenvalue weighted by Crippen LogP contribution is -2.48. The number of nitrogens with zero attached hydrogens (tertiary/aromatic N) is 1. The Morgan fingerprint density at radius 3 is 2.73 bits per heavy atom. The summed E-state index contributed by atoms with van der Waals surface area (Å²) in [6.07, 6.45) is 3.77. The topological polar surface area (TPSA) is 63.4 Å². The first-order valence-corrected chi connectivity index (χ1v) is 7.11. The predicted molar refractivity (Wildman–Crippen MR) is 78.5 cm³/mol. The molecular formula is C16H18F2N2O2. The molecule has 1 saturated heterocycles. The van der Waals surface area contributed by atoms with Crippen LogP contribution in [0, 0.1) is 17.6 Å². The Labute approximate surface area is 127 Å². The van der Waals surface area contributed by atoms with Gasteiger partial charge in [-0.1, -0.05) is 0 Å². The summed E-state index contributed by atoms with van der Waals surface area (Å²) in [7, 11) is 0. The number of hydrogen-bond donors (Lipinski definition) is 1. The average molecular weight is 308 g/mol. The summed E-state index contributed by atoms with van der Waals surface area (Å²) in [6, 6.07) is 3.01. The molecule has 6 heteroatoms. The highest BCUT2D eigenvalue weighted by atomic mass is 19.1. The number of nitrogens with two attached hydrogens (primary N) is 1. The lowest BCUT2D eigenvalue weighted by atomic mass is 9.93. The van der Waals surface area contributed by atoms with Crippen LogP contribution in [0.2, 0.25) is 0 Å². The molecule has 2 N–H and O–H groups in total. The van der Waals surface area contributed by atoms with E-state index in [1.165, 1.54) is 17.1 Å². The number of halogens is 2. The number of carbonyl (C=O) groups excluding carboxylic acids is 2. The van der Waals surface area contributed by atoms with Gasteiger partial charge < -0.3 is 10.6 Å². The van der Waals surface area contributed by atoms with Gasteiger partial charge in [0.05, 0.1) is 5.92 Å². The SMILES string of the molecule is CC1CCC(C(N)=O)CN1C(=O)/C=C/c1cc(F)ccc1F. The number of likely N-dealkylation sites (tertiary alicyclic amines) is 1. The number of carbonyl (C=O) groups is 2. The second-order valence-electron chi connectivity index (χ2n) is 5.52. The first-order valence-electron chi connectivity index (χ1n) is 7.11. The van der Waals surface area contributed by atoms with Gasteiger partial charge in [0.1, 0.15) is 11.6 Å². The minimum Gasteiger partial charge on any atom is -0.369 e. The number of piperidine rings is 1. The van der Waals surface area contributed by atoms with Crippen molar-refractivity contribution in [3.8, 4) is 0 Å². The summed E-state index contributed by atoms with van der Waals surface area (Å²) in [4.78, 5) is 25.0. The molecule has 0 bridgehead atoms. The molecule has 2 atom stereocenters. The lowest BCUT2D eigenvalue weighted by Gasteiger charge is -2.36. The van der Waals surface area contributed by atoms with Gasteiger partial charge >= 0.3 is 0 Å². The third-order valence-electron chi connectivity index (χ3n) is 3.93. The maximum atomic E-state index is 13.5. The fourth-order valence-electron chi connectivity index (χ4n) is 2.55. The van der Waals surface area contributed by atoms with E-state index in [1.54, 1.807) is 0 Å². The number of hydrogen-bond acceptors (Lipinski definition) is 2. The monoisotopic (exact) mass is 308 g/mol. The van der Waals surface area contributed by atoms with Crippen molar-refractivity contribution in [3.05, 3.63) is 41.5 Å². The number of primary amides is 1. The van der Waals surface area contributed by atoms with E-state index in [2.05, 4.69) is 0 Å². The Balaban J connectivity index is 2.11. The van der Waals surface area contributed by atoms with Crippen molar-refractivity contribution in [2.24, 2.45) is 11.7 Å². The van der Waals surface area contributed by atoms with Crippen LogP contribution in [0.5, 0.6) is 0 Å². The van der Waals surface area contributed by atoms with Gasteiger partial charge in [-0.05, 0) is 44.0 Å². The summed E-state index contributed by atoms with van der Waals surface area (Å²) >= 11 is 0. The first-order chi connectivity index (χ1) is 10.4. The van der Waals surface area contributed by atoms with Crippen LogP contribution in [0.1, 0.15) is 25.3 Å². The van der Waals surface area contributed by atoms with Crippen molar-refractivity contribution in [2.45, 2.75) is 25.8 Å². The van der Waals surface area contributed by atoms with Crippen LogP contribution >= 0.6 is 0 Å². The van der Waals surface area contributed by atoms with E-state index in [4.69, 9.17) is 5.73 Å². The van der Waals surface area contributed by atoms with Gasteiger partial charge in [-0.2, -0.15) is 0 Å². The molecule has 2 amide bonds. The first kappa shape index (κ1) is 16.1. The van der Waals surface area contributed by atoms with Crippen LogP contribution in [0.15, 0.2) is 24.3 Å². The molecule has 0 aliphatic carbocycles. The molecule has 2 unspecified atom stereocenters. The molecule has 0 radical (unpaired) electrons. The van der Waals surface area contributed by atoms with Crippen LogP contribution in [-0.4, -0.2) is 29.3 Å². The molecule has 2 rings (SSSR count). The van der Waals surface area contributed by atoms with Crippen LogP contribution in [0.25, 0.3) is 6.08 Å². The molecule has 0 spiro atoms. The molecule has 1 aromatic rings. The van der Waals surface area contributed by atoms with Crippen molar-refractivity contribution in [1.82, 2.24) is 4.90 Å². The fourth-order valence-corrected chi connectivity index (χ4v) is 2.55. The third kappa shape index (κ3) is 3.69. The summed E-state index contributed by atoms with van der Waals surface area (Å²) < 4.78 is 26.6. The highest BCUT2D eigenvalue weighted by Crippen LogP contribution is 2.22. The molecule has 1 fully saturated rings. The Bertz CT molecular complexity index is 616. The summed E-state index contributed by atoms with van der Waals surface area (Å²) in [5.74, 6) is -2.31. The molecule has 1 heterocycles. The lowest BCUT2D eigenvalue weighted by molar-refractivity contribution is -0.133. The number of benzene rings is 1. The Hall–Kier alpha value is -2.24. The molecule has 1 aliphatic heterocycles. The maximum Gasteiger partial charge on any atom is 0.246 e. The summed E-state index contributed by atoms with van der Waals surface area (Å²) in [6.45, 7) is 2.14. The summed E-state index contributed by atoms with van der Waals surface area (Å²) in [5.41, 5.74) is 5.29. The van der Waals surface area contributed by atoms with E-state index < -0.39 is 17.5 Å². The van der Waals surface area contributed by atoms with E-state index in [1.807, 2.05) is 6.92 Å². The van der Waals surface area contributed by atoms with E-state index in [9.17, 15) is 18.4 Å². The van der Waals surface area contributed by atoms with Crippen molar-refractivity contribution < 1.29 is 18.4 Å². The van der Waals surface area contributed by atoms with Crippen LogP contribution < -0.4 is 5.73 Å². The zero-order valence-electron chi connectivity index (χ0n) is 12.3. The largest absolute Gasteiger partial charge is 0.369 e. The molecule has 118 valence electrons. The quantitative estimate of drug-likeness (QED) is 0.869. The van der Waals surface area contributed by atoms with Gasteiger partial charge in [-0.25, -0.2) is 8.78 Å². The Morgan fingerprint density at radius 1 is 1.32 bits per heavy atom. The van der Waals surface area contributed by atoms with E-state index in [0.717, 1.165) is 18.2 Å². The molecular weight excluding hydrogens is 290 g/mol. The third-order valence-corrected chi connectivity index (χ3v) is 3.93. The average Bonchev–Trinajstić information content (AvgIpc) is 2.48. The Kier molecular flexibility index (Phi) is 4.90. The zero-order valence-corrected chi connectivity index (χ0v) is 12.3. The number of rotatable bonds is 3. The minimum absolute atomic E-state index is 0.00413. The minimum atomic E-state index is -0.604. The van der Waals surface area contributed by atoms with Crippen molar-refractivity contribution in [1.29, 1.82) is 0 Å². The van der Waals surface area contributed by atoms with Crippen LogP contribution in [0.3, 0.4) is 0 Å². The molecule has 0 aromatic heterocycles. The molecule has 1 aliphatic rings. The number of amides is 2. The predicted octanol–water partition coefficient (Wildman–Crippen LogP) is 2.09. The van der Waals surface area contributed by atoms with Crippen LogP contribution in [-0.2, 0) is 9.59 Å². The second kappa shape index (κ2) is 6.68. The molecule has 22 heavy (non-hydrogen) atoms. The fraction of sp³-hybridized carbons (Fsp3) is 0.375. The van der Waals surface area contributed by atoms with Crippen molar-refractivity contribution in [2.75, 3.05) is 6.54 Å². The van der Waals surface area contributed by atoms with Crippen molar-refractivity contribution in [3.63, 3.8) is 0 Å². The van der Waals surface area contributed by atoms with Gasteiger partial charge in [0.2, 0.25) is 11.8 Å². The zero-order chi connectivity index (χ0) is 16.3. The molecule has 4 nitrogen and oxygen atoms in total. The highest BCUT2D eigenvalue weighted by molar-refractivity contribution is 5.92. The van der Waals surface area contributed by atoms with Crippen LogP contribution in [0.4, 0.5) is 8.78 Å². The second-order valence-corrected chi connectivity index (χ2v) is 5.52.